The summed E-state index contributed by atoms with van der Waals surface area (Å²) >= 11 is 0. The molecule has 8 heteroatoms. The Labute approximate surface area is 187 Å². The quantitative estimate of drug-likeness (QED) is 0.435. The molecule has 4 rings (SSSR count). The lowest BCUT2D eigenvalue weighted by Gasteiger charge is -2.34. The fourth-order valence-corrected chi connectivity index (χ4v) is 6.61. The molecule has 0 amide bonds. The predicted molar refractivity (Wildman–Crippen MR) is 124 cm³/mol. The highest BCUT2D eigenvalue weighted by atomic mass is 32.2. The molecule has 0 aliphatic carbocycles. The first-order valence-corrected chi connectivity index (χ1v) is 12.0. The summed E-state index contributed by atoms with van der Waals surface area (Å²) in [5.74, 6) is -0.326. The largest absolute Gasteiger partial charge is 0.506 e. The van der Waals surface area contributed by atoms with E-state index in [2.05, 4.69) is 17.2 Å². The number of para-hydroxylation sites is 1. The fraction of sp³-hybridized carbons (Fsp3) is 0.333. The number of benzene rings is 2. The van der Waals surface area contributed by atoms with Gasteiger partial charge in [-0.25, -0.2) is 12.8 Å². The number of aromatic hydroxyl groups is 1. The first kappa shape index (κ1) is 22.2. The van der Waals surface area contributed by atoms with Crippen molar-refractivity contribution in [3.05, 3.63) is 70.5 Å². The molecule has 2 aliphatic rings. The lowest BCUT2D eigenvalue weighted by Crippen LogP contribution is -2.35. The number of hydrogen-bond acceptors (Lipinski definition) is 6. The van der Waals surface area contributed by atoms with Crippen LogP contribution in [-0.2, 0) is 9.84 Å². The normalized spacial score (nSPS) is 20.8. The maximum atomic E-state index is 15.3. The minimum Gasteiger partial charge on any atom is -0.506 e. The van der Waals surface area contributed by atoms with Crippen molar-refractivity contribution in [1.29, 1.82) is 0 Å². The van der Waals surface area contributed by atoms with Gasteiger partial charge in [0, 0.05) is 17.3 Å². The van der Waals surface area contributed by atoms with Crippen LogP contribution in [0.5, 0.6) is 11.5 Å². The summed E-state index contributed by atoms with van der Waals surface area (Å²) in [7, 11) is -3.73. The van der Waals surface area contributed by atoms with Gasteiger partial charge >= 0.3 is 0 Å². The molecule has 0 spiro atoms. The Balaban J connectivity index is 1.87. The number of halogens is 1. The van der Waals surface area contributed by atoms with E-state index >= 15 is 4.39 Å². The van der Waals surface area contributed by atoms with Gasteiger partial charge in [0.1, 0.15) is 29.6 Å². The van der Waals surface area contributed by atoms with Crippen LogP contribution in [0.25, 0.3) is 0 Å². The van der Waals surface area contributed by atoms with Gasteiger partial charge in [-0.05, 0) is 48.6 Å². The van der Waals surface area contributed by atoms with Crippen molar-refractivity contribution >= 4 is 21.2 Å². The molecule has 0 aromatic heterocycles. The number of anilines is 2. The van der Waals surface area contributed by atoms with Crippen LogP contribution in [0, 0.1) is 11.2 Å². The van der Waals surface area contributed by atoms with Crippen molar-refractivity contribution in [3.63, 3.8) is 0 Å². The molecule has 0 fully saturated rings. The highest BCUT2D eigenvalue weighted by Gasteiger charge is 2.43. The number of phenols is 1. The summed E-state index contributed by atoms with van der Waals surface area (Å²) in [6, 6.07) is 8.32. The summed E-state index contributed by atoms with van der Waals surface area (Å²) in [5, 5.41) is 16.7. The van der Waals surface area contributed by atoms with E-state index in [1.54, 1.807) is 18.2 Å². The third-order valence-corrected chi connectivity index (χ3v) is 7.83. The van der Waals surface area contributed by atoms with E-state index in [9.17, 15) is 13.5 Å². The second-order valence-corrected chi connectivity index (χ2v) is 11.2. The standard InChI is InChI=1S/C24H27FN2O4S/c1-14(2)12-31-15-8-9-16(17(25)10-15)21-23-19(11-24(3,4)13-32(23,29)30)27-22-18(26-21)6-5-7-20(22)28/h5-10,21,26-28H,1,11-13H2,2-4H3/t21-/m1/s1. The molecule has 2 aromatic rings. The van der Waals surface area contributed by atoms with Crippen molar-refractivity contribution in [3.8, 4) is 11.5 Å². The monoisotopic (exact) mass is 458 g/mol. The van der Waals surface area contributed by atoms with Gasteiger partial charge in [-0.3, -0.25) is 0 Å². The zero-order valence-electron chi connectivity index (χ0n) is 18.3. The van der Waals surface area contributed by atoms with E-state index in [1.807, 2.05) is 20.8 Å². The molecule has 0 bridgehead atoms. The van der Waals surface area contributed by atoms with Gasteiger partial charge in [0.15, 0.2) is 9.84 Å². The van der Waals surface area contributed by atoms with E-state index in [1.165, 1.54) is 18.2 Å². The Morgan fingerprint density at radius 3 is 2.75 bits per heavy atom. The number of allylic oxidation sites excluding steroid dienone is 1. The fourth-order valence-electron chi connectivity index (χ4n) is 4.28. The second kappa shape index (κ2) is 7.85. The Bertz CT molecular complexity index is 1230. The smallest absolute Gasteiger partial charge is 0.179 e. The summed E-state index contributed by atoms with van der Waals surface area (Å²) < 4.78 is 47.6. The lowest BCUT2D eigenvalue weighted by molar-refractivity contribution is 0.350. The van der Waals surface area contributed by atoms with Crippen LogP contribution in [-0.4, -0.2) is 25.9 Å². The zero-order chi connectivity index (χ0) is 23.3. The van der Waals surface area contributed by atoms with Crippen LogP contribution in [0.2, 0.25) is 0 Å². The molecule has 170 valence electrons. The first-order chi connectivity index (χ1) is 15.0. The third-order valence-electron chi connectivity index (χ3n) is 5.52. The van der Waals surface area contributed by atoms with E-state index in [-0.39, 0.29) is 28.6 Å². The third kappa shape index (κ3) is 4.19. The molecular weight excluding hydrogens is 431 g/mol. The molecule has 2 aromatic carbocycles. The summed E-state index contributed by atoms with van der Waals surface area (Å²) in [6.45, 7) is 9.59. The molecule has 3 N–H and O–H groups in total. The van der Waals surface area contributed by atoms with Crippen LogP contribution >= 0.6 is 0 Å². The number of rotatable bonds is 4. The van der Waals surface area contributed by atoms with Gasteiger partial charge in [0.2, 0.25) is 0 Å². The summed E-state index contributed by atoms with van der Waals surface area (Å²) in [6.07, 6.45) is 0.439. The van der Waals surface area contributed by atoms with E-state index < -0.39 is 27.1 Å². The van der Waals surface area contributed by atoms with E-state index in [0.717, 1.165) is 5.57 Å². The van der Waals surface area contributed by atoms with E-state index in [4.69, 9.17) is 4.74 Å². The van der Waals surface area contributed by atoms with Crippen LogP contribution in [0.1, 0.15) is 38.8 Å². The average molecular weight is 459 g/mol. The number of hydrogen-bond donors (Lipinski definition) is 3. The summed E-state index contributed by atoms with van der Waals surface area (Å²) in [4.78, 5) is 0.0990. The second-order valence-electron chi connectivity index (χ2n) is 9.27. The van der Waals surface area contributed by atoms with Gasteiger partial charge in [0.25, 0.3) is 0 Å². The molecule has 0 saturated carbocycles. The van der Waals surface area contributed by atoms with Gasteiger partial charge in [-0.2, -0.15) is 0 Å². The highest BCUT2D eigenvalue weighted by Crippen LogP contribution is 2.48. The highest BCUT2D eigenvalue weighted by molar-refractivity contribution is 7.95. The molecule has 1 atom stereocenters. The Morgan fingerprint density at radius 2 is 2.06 bits per heavy atom. The van der Waals surface area contributed by atoms with Gasteiger partial charge < -0.3 is 20.5 Å². The van der Waals surface area contributed by atoms with Crippen LogP contribution in [0.15, 0.2) is 59.2 Å². The van der Waals surface area contributed by atoms with Crippen LogP contribution in [0.3, 0.4) is 0 Å². The Morgan fingerprint density at radius 1 is 1.31 bits per heavy atom. The number of nitrogens with one attached hydrogen (secondary N) is 2. The first-order valence-electron chi connectivity index (χ1n) is 10.3. The van der Waals surface area contributed by atoms with Crippen molar-refractivity contribution in [2.75, 3.05) is 23.0 Å². The van der Waals surface area contributed by atoms with Crippen molar-refractivity contribution in [1.82, 2.24) is 0 Å². The number of sulfone groups is 1. The zero-order valence-corrected chi connectivity index (χ0v) is 19.1. The molecule has 2 aliphatic heterocycles. The van der Waals surface area contributed by atoms with E-state index in [0.29, 0.717) is 29.2 Å². The van der Waals surface area contributed by atoms with Gasteiger partial charge in [-0.15, -0.1) is 0 Å². The topological polar surface area (TPSA) is 87.7 Å². The maximum absolute atomic E-state index is 15.3. The number of fused-ring (bicyclic) bond motifs is 1. The maximum Gasteiger partial charge on any atom is 0.179 e. The number of ether oxygens (including phenoxy) is 1. The summed E-state index contributed by atoms with van der Waals surface area (Å²) in [5.41, 5.74) is 1.79. The molecule has 0 unspecified atom stereocenters. The van der Waals surface area contributed by atoms with Gasteiger partial charge in [0.05, 0.1) is 22.4 Å². The Hall–Kier alpha value is -3.00. The van der Waals surface area contributed by atoms with Crippen LogP contribution < -0.4 is 15.4 Å². The number of phenolic OH excluding ortho intramolecular Hbond substituents is 1. The molecule has 6 nitrogen and oxygen atoms in total. The average Bonchev–Trinajstić information content (AvgIpc) is 2.82. The minimum absolute atomic E-state index is 0.0210. The molecular formula is C24H27FN2O4S. The van der Waals surface area contributed by atoms with Gasteiger partial charge in [-0.1, -0.05) is 26.5 Å². The minimum atomic E-state index is -3.73. The Kier molecular flexibility index (Phi) is 5.45. The SMILES string of the molecule is C=C(C)COc1ccc([C@H]2Nc3cccc(O)c3NC3=C2S(=O)(=O)CC(C)(C)C3)c(F)c1. The van der Waals surface area contributed by atoms with Crippen molar-refractivity contribution in [2.45, 2.75) is 33.2 Å². The lowest BCUT2D eigenvalue weighted by atomic mass is 9.88. The molecule has 2 heterocycles. The molecule has 0 saturated heterocycles. The van der Waals surface area contributed by atoms with Crippen molar-refractivity contribution < 1.29 is 22.7 Å². The van der Waals surface area contributed by atoms with Crippen LogP contribution in [0.4, 0.5) is 15.8 Å². The molecule has 0 radical (unpaired) electrons. The predicted octanol–water partition coefficient (Wildman–Crippen LogP) is 5.12. The van der Waals surface area contributed by atoms with Crippen molar-refractivity contribution in [2.24, 2.45) is 5.41 Å². The molecule has 32 heavy (non-hydrogen) atoms.